The molecule has 1 atom stereocenters. The molecule has 0 saturated carbocycles. The number of primary amides is 1. The minimum atomic E-state index is -0.968. The molecule has 0 aliphatic rings. The van der Waals surface area contributed by atoms with Gasteiger partial charge in [-0.25, -0.2) is 4.39 Å². The van der Waals surface area contributed by atoms with Crippen molar-refractivity contribution in [1.29, 1.82) is 0 Å². The summed E-state index contributed by atoms with van der Waals surface area (Å²) in [6.07, 6.45) is 0.887. The molecule has 1 aromatic carbocycles. The van der Waals surface area contributed by atoms with Gasteiger partial charge in [0.15, 0.2) is 0 Å². The molecule has 7 heteroatoms. The van der Waals surface area contributed by atoms with Crippen LogP contribution in [0.25, 0.3) is 10.4 Å². The molecule has 0 aliphatic heterocycles. The number of rotatable bonds is 8. The number of hydrogen-bond donors (Lipinski definition) is 2. The summed E-state index contributed by atoms with van der Waals surface area (Å²) in [5, 5.41) is 6.45. The lowest BCUT2D eigenvalue weighted by Gasteiger charge is -2.27. The fourth-order valence-electron chi connectivity index (χ4n) is 1.85. The summed E-state index contributed by atoms with van der Waals surface area (Å²) < 4.78 is 13.2. The maximum absolute atomic E-state index is 13.2. The van der Waals surface area contributed by atoms with Crippen LogP contribution in [0.3, 0.4) is 0 Å². The number of carbonyl (C=O) groups is 1. The summed E-state index contributed by atoms with van der Waals surface area (Å²) >= 11 is 0. The Morgan fingerprint density at radius 1 is 1.60 bits per heavy atom. The third kappa shape index (κ3) is 4.87. The van der Waals surface area contributed by atoms with E-state index in [4.69, 9.17) is 11.3 Å². The molecule has 1 unspecified atom stereocenters. The monoisotopic (exact) mass is 279 g/mol. The Bertz CT molecular complexity index is 515. The van der Waals surface area contributed by atoms with Gasteiger partial charge < -0.3 is 11.1 Å². The minimum absolute atomic E-state index is 0.293. The predicted molar refractivity (Wildman–Crippen MR) is 74.3 cm³/mol. The highest BCUT2D eigenvalue weighted by Crippen LogP contribution is 2.14. The van der Waals surface area contributed by atoms with E-state index in [1.165, 1.54) is 12.1 Å². The number of nitrogens with one attached hydrogen (secondary N) is 1. The highest BCUT2D eigenvalue weighted by Gasteiger charge is 2.30. The van der Waals surface area contributed by atoms with Crippen molar-refractivity contribution in [2.24, 2.45) is 10.8 Å². The van der Waals surface area contributed by atoms with Gasteiger partial charge in [-0.3, -0.25) is 4.79 Å². The van der Waals surface area contributed by atoms with Crippen LogP contribution in [0.5, 0.6) is 0 Å². The summed E-state index contributed by atoms with van der Waals surface area (Å²) in [6, 6.07) is 6.06. The zero-order valence-electron chi connectivity index (χ0n) is 11.3. The van der Waals surface area contributed by atoms with E-state index < -0.39 is 11.4 Å². The third-order valence-electron chi connectivity index (χ3n) is 3.00. The van der Waals surface area contributed by atoms with Crippen LogP contribution in [-0.2, 0) is 11.2 Å². The number of benzene rings is 1. The standard InChI is InChI=1S/C13H18FN5O/c1-13(12(15)20,17-6-3-7-18-19-16)9-10-4-2-5-11(14)8-10/h2,4-5,8,17H,3,6-7,9H2,1H3,(H2,15,20). The van der Waals surface area contributed by atoms with E-state index in [9.17, 15) is 9.18 Å². The summed E-state index contributed by atoms with van der Waals surface area (Å²) in [4.78, 5) is 14.3. The fraction of sp³-hybridized carbons (Fsp3) is 0.462. The van der Waals surface area contributed by atoms with Crippen LogP contribution in [0.15, 0.2) is 29.4 Å². The summed E-state index contributed by atoms with van der Waals surface area (Å²) in [5.41, 5.74) is 13.3. The van der Waals surface area contributed by atoms with Gasteiger partial charge in [0.25, 0.3) is 0 Å². The molecule has 0 fully saturated rings. The van der Waals surface area contributed by atoms with Crippen LogP contribution in [0.4, 0.5) is 4.39 Å². The molecular weight excluding hydrogens is 261 g/mol. The number of azide groups is 1. The molecule has 108 valence electrons. The first-order valence-corrected chi connectivity index (χ1v) is 6.28. The summed E-state index contributed by atoms with van der Waals surface area (Å²) in [7, 11) is 0. The van der Waals surface area contributed by atoms with Crippen molar-refractivity contribution in [2.45, 2.75) is 25.3 Å². The van der Waals surface area contributed by atoms with Crippen LogP contribution < -0.4 is 11.1 Å². The first-order chi connectivity index (χ1) is 9.48. The van der Waals surface area contributed by atoms with E-state index in [2.05, 4.69) is 15.3 Å². The highest BCUT2D eigenvalue weighted by molar-refractivity contribution is 5.84. The van der Waals surface area contributed by atoms with Crippen LogP contribution >= 0.6 is 0 Å². The second kappa shape index (κ2) is 7.47. The molecule has 0 heterocycles. The van der Waals surface area contributed by atoms with Crippen molar-refractivity contribution < 1.29 is 9.18 Å². The quantitative estimate of drug-likeness (QED) is 0.328. The van der Waals surface area contributed by atoms with Gasteiger partial charge in [0, 0.05) is 11.5 Å². The first kappa shape index (κ1) is 15.9. The van der Waals surface area contributed by atoms with Crippen LogP contribution in [0.2, 0.25) is 0 Å². The zero-order valence-corrected chi connectivity index (χ0v) is 11.3. The Balaban J connectivity index is 2.66. The molecule has 0 spiro atoms. The second-order valence-corrected chi connectivity index (χ2v) is 4.74. The van der Waals surface area contributed by atoms with E-state index in [1.807, 2.05) is 0 Å². The molecule has 3 N–H and O–H groups in total. The average molecular weight is 279 g/mol. The molecule has 0 saturated heterocycles. The zero-order chi connectivity index (χ0) is 15.0. The largest absolute Gasteiger partial charge is 0.368 e. The fourth-order valence-corrected chi connectivity index (χ4v) is 1.85. The van der Waals surface area contributed by atoms with E-state index in [1.54, 1.807) is 19.1 Å². The lowest BCUT2D eigenvalue weighted by Crippen LogP contribution is -2.55. The Kier molecular flexibility index (Phi) is 5.96. The Morgan fingerprint density at radius 3 is 2.95 bits per heavy atom. The lowest BCUT2D eigenvalue weighted by molar-refractivity contribution is -0.123. The average Bonchev–Trinajstić information content (AvgIpc) is 2.38. The van der Waals surface area contributed by atoms with Crippen molar-refractivity contribution in [3.63, 3.8) is 0 Å². The maximum atomic E-state index is 13.2. The maximum Gasteiger partial charge on any atom is 0.237 e. The first-order valence-electron chi connectivity index (χ1n) is 6.28. The van der Waals surface area contributed by atoms with E-state index in [0.29, 0.717) is 31.5 Å². The van der Waals surface area contributed by atoms with E-state index >= 15 is 0 Å². The van der Waals surface area contributed by atoms with E-state index in [0.717, 1.165) is 0 Å². The van der Waals surface area contributed by atoms with Gasteiger partial charge in [0.1, 0.15) is 5.82 Å². The number of carbonyl (C=O) groups excluding carboxylic acids is 1. The van der Waals surface area contributed by atoms with Gasteiger partial charge in [-0.15, -0.1) is 0 Å². The molecule has 0 aliphatic carbocycles. The van der Waals surface area contributed by atoms with Crippen LogP contribution in [0, 0.1) is 5.82 Å². The van der Waals surface area contributed by atoms with Gasteiger partial charge in [-0.1, -0.05) is 17.2 Å². The Hall–Kier alpha value is -2.11. The topological polar surface area (TPSA) is 104 Å². The van der Waals surface area contributed by atoms with Gasteiger partial charge in [0.2, 0.25) is 5.91 Å². The molecule has 0 bridgehead atoms. The van der Waals surface area contributed by atoms with Gasteiger partial charge in [0.05, 0.1) is 5.54 Å². The van der Waals surface area contributed by atoms with Crippen LogP contribution in [-0.4, -0.2) is 24.5 Å². The number of nitrogens with two attached hydrogens (primary N) is 1. The van der Waals surface area contributed by atoms with Crippen LogP contribution in [0.1, 0.15) is 18.9 Å². The molecule has 0 radical (unpaired) electrons. The SMILES string of the molecule is CC(Cc1cccc(F)c1)(NCCCN=[N+]=[N-])C(N)=O. The van der Waals surface area contributed by atoms with Crippen molar-refractivity contribution in [3.8, 4) is 0 Å². The van der Waals surface area contributed by atoms with Crippen molar-refractivity contribution in [2.75, 3.05) is 13.1 Å². The Morgan fingerprint density at radius 2 is 2.35 bits per heavy atom. The second-order valence-electron chi connectivity index (χ2n) is 4.74. The molecule has 0 aromatic heterocycles. The number of nitrogens with zero attached hydrogens (tertiary/aromatic N) is 3. The molecular formula is C13H18FN5O. The van der Waals surface area contributed by atoms with Crippen molar-refractivity contribution in [3.05, 3.63) is 46.1 Å². The van der Waals surface area contributed by atoms with Gasteiger partial charge >= 0.3 is 0 Å². The van der Waals surface area contributed by atoms with Crippen molar-refractivity contribution >= 4 is 5.91 Å². The predicted octanol–water partition coefficient (Wildman–Crippen LogP) is 1.90. The molecule has 1 amide bonds. The summed E-state index contributed by atoms with van der Waals surface area (Å²) in [6.45, 7) is 2.50. The molecule has 20 heavy (non-hydrogen) atoms. The van der Waals surface area contributed by atoms with E-state index in [-0.39, 0.29) is 5.82 Å². The lowest BCUT2D eigenvalue weighted by atomic mass is 9.92. The van der Waals surface area contributed by atoms with Gasteiger partial charge in [-0.05, 0) is 49.5 Å². The number of amides is 1. The Labute approximate surface area is 116 Å². The number of hydrogen-bond acceptors (Lipinski definition) is 3. The minimum Gasteiger partial charge on any atom is -0.368 e. The smallest absolute Gasteiger partial charge is 0.237 e. The van der Waals surface area contributed by atoms with Gasteiger partial charge in [-0.2, -0.15) is 0 Å². The molecule has 1 aromatic rings. The molecule has 1 rings (SSSR count). The number of halogens is 1. The normalized spacial score (nSPS) is 13.3. The molecule has 6 nitrogen and oxygen atoms in total. The highest BCUT2D eigenvalue weighted by atomic mass is 19.1. The third-order valence-corrected chi connectivity index (χ3v) is 3.00. The summed E-state index contributed by atoms with van der Waals surface area (Å²) in [5.74, 6) is -0.858. The van der Waals surface area contributed by atoms with Crippen molar-refractivity contribution in [1.82, 2.24) is 5.32 Å².